The molecule has 19 heavy (non-hydrogen) atoms. The van der Waals surface area contributed by atoms with Crippen LogP contribution in [-0.2, 0) is 6.54 Å². The fraction of sp³-hybridized carbons (Fsp3) is 0.750. The molecule has 0 aliphatic carbocycles. The predicted octanol–water partition coefficient (Wildman–Crippen LogP) is 3.42. The van der Waals surface area contributed by atoms with E-state index in [9.17, 15) is 13.2 Å². The number of aromatic nitrogens is 2. The maximum absolute atomic E-state index is 12.1. The lowest BCUT2D eigenvalue weighted by Gasteiger charge is -2.13. The summed E-state index contributed by atoms with van der Waals surface area (Å²) in [6.45, 7) is 8.97. The Morgan fingerprint density at radius 1 is 1.37 bits per heavy atom. The molecule has 0 bridgehead atoms. The minimum atomic E-state index is -4.17. The van der Waals surface area contributed by atoms with E-state index in [0.29, 0.717) is 0 Å². The molecule has 0 fully saturated rings. The first-order chi connectivity index (χ1) is 8.76. The fourth-order valence-electron chi connectivity index (χ4n) is 2.21. The highest BCUT2D eigenvalue weighted by atomic mass is 32.2. The number of nitrogens with one attached hydrogen (secondary N) is 1. The van der Waals surface area contributed by atoms with E-state index in [-0.39, 0.29) is 30.1 Å². The largest absolute Gasteiger partial charge is 0.441 e. The fourth-order valence-corrected chi connectivity index (χ4v) is 2.71. The van der Waals surface area contributed by atoms with E-state index >= 15 is 0 Å². The second-order valence-corrected chi connectivity index (χ2v) is 5.54. The lowest BCUT2D eigenvalue weighted by molar-refractivity contribution is -0.0328. The van der Waals surface area contributed by atoms with Crippen molar-refractivity contribution in [3.8, 4) is 0 Å². The lowest BCUT2D eigenvalue weighted by Crippen LogP contribution is -2.19. The molecule has 0 radical (unpaired) electrons. The van der Waals surface area contributed by atoms with Gasteiger partial charge < -0.3 is 5.32 Å². The van der Waals surface area contributed by atoms with Gasteiger partial charge in [-0.15, -0.1) is 0 Å². The van der Waals surface area contributed by atoms with Gasteiger partial charge in [0.25, 0.3) is 0 Å². The van der Waals surface area contributed by atoms with Gasteiger partial charge in [-0.2, -0.15) is 18.3 Å². The molecule has 1 unspecified atom stereocenters. The monoisotopic (exact) mass is 295 g/mol. The molecular formula is C12H20F3N3S. The number of aryl methyl sites for hydroxylation is 2. The minimum Gasteiger partial charge on any atom is -0.310 e. The zero-order valence-electron chi connectivity index (χ0n) is 11.6. The number of rotatable bonds is 6. The Labute approximate surface area is 115 Å². The Kier molecular flexibility index (Phi) is 5.73. The average molecular weight is 295 g/mol. The van der Waals surface area contributed by atoms with E-state index in [2.05, 4.69) is 10.4 Å². The normalized spacial score (nSPS) is 13.8. The molecule has 3 nitrogen and oxygen atoms in total. The van der Waals surface area contributed by atoms with Crippen LogP contribution >= 0.6 is 11.8 Å². The van der Waals surface area contributed by atoms with Crippen molar-refractivity contribution in [3.05, 3.63) is 17.0 Å². The molecule has 1 atom stereocenters. The van der Waals surface area contributed by atoms with Gasteiger partial charge in [-0.3, -0.25) is 4.68 Å². The van der Waals surface area contributed by atoms with Crippen molar-refractivity contribution >= 4 is 11.8 Å². The van der Waals surface area contributed by atoms with Crippen LogP contribution in [0.4, 0.5) is 13.2 Å². The molecule has 0 spiro atoms. The molecule has 7 heteroatoms. The van der Waals surface area contributed by atoms with E-state index in [0.717, 1.165) is 23.5 Å². The van der Waals surface area contributed by atoms with E-state index in [4.69, 9.17) is 0 Å². The van der Waals surface area contributed by atoms with Gasteiger partial charge in [-0.25, -0.2) is 0 Å². The number of thioether (sulfide) groups is 1. The smallest absolute Gasteiger partial charge is 0.310 e. The van der Waals surface area contributed by atoms with Gasteiger partial charge in [0, 0.05) is 23.1 Å². The van der Waals surface area contributed by atoms with Gasteiger partial charge in [0.05, 0.1) is 12.2 Å². The number of hydrogen-bond acceptors (Lipinski definition) is 3. The van der Waals surface area contributed by atoms with Crippen LogP contribution in [0.2, 0.25) is 0 Å². The maximum Gasteiger partial charge on any atom is 0.441 e. The molecule has 1 heterocycles. The average Bonchev–Trinajstić information content (AvgIpc) is 2.53. The molecule has 0 aliphatic heterocycles. The molecular weight excluding hydrogens is 275 g/mol. The molecule has 0 aliphatic rings. The van der Waals surface area contributed by atoms with Crippen LogP contribution in [0.15, 0.2) is 0 Å². The molecule has 0 aromatic carbocycles. The zero-order chi connectivity index (χ0) is 14.6. The molecule has 1 N–H and O–H groups in total. The highest BCUT2D eigenvalue weighted by molar-refractivity contribution is 8.00. The third kappa shape index (κ3) is 4.72. The summed E-state index contributed by atoms with van der Waals surface area (Å²) in [4.78, 5) is 0. The van der Waals surface area contributed by atoms with Gasteiger partial charge in [0.1, 0.15) is 0 Å². The zero-order valence-corrected chi connectivity index (χ0v) is 12.5. The molecule has 0 saturated carbocycles. The van der Waals surface area contributed by atoms with Crippen LogP contribution in [0.25, 0.3) is 0 Å². The van der Waals surface area contributed by atoms with Crippen molar-refractivity contribution in [1.29, 1.82) is 0 Å². The summed E-state index contributed by atoms with van der Waals surface area (Å²) >= 11 is -0.00558. The second-order valence-electron chi connectivity index (χ2n) is 4.38. The van der Waals surface area contributed by atoms with Crippen LogP contribution in [0, 0.1) is 13.8 Å². The molecule has 110 valence electrons. The minimum absolute atomic E-state index is 0.00558. The van der Waals surface area contributed by atoms with Crippen molar-refractivity contribution in [3.63, 3.8) is 0 Å². The first kappa shape index (κ1) is 16.4. The summed E-state index contributed by atoms with van der Waals surface area (Å²) in [7, 11) is 0. The Morgan fingerprint density at radius 3 is 2.53 bits per heavy atom. The number of nitrogens with zero attached hydrogens (tertiary/aromatic N) is 2. The summed E-state index contributed by atoms with van der Waals surface area (Å²) in [5, 5.41) is 7.63. The van der Waals surface area contributed by atoms with E-state index in [1.807, 2.05) is 27.7 Å². The highest BCUT2D eigenvalue weighted by Crippen LogP contribution is 2.30. The van der Waals surface area contributed by atoms with Crippen LogP contribution in [0.5, 0.6) is 0 Å². The van der Waals surface area contributed by atoms with Crippen molar-refractivity contribution in [2.75, 3.05) is 12.3 Å². The second kappa shape index (κ2) is 6.65. The van der Waals surface area contributed by atoms with E-state index in [1.165, 1.54) is 0 Å². The van der Waals surface area contributed by atoms with E-state index < -0.39 is 5.51 Å². The highest BCUT2D eigenvalue weighted by Gasteiger charge is 2.27. The molecule has 0 saturated heterocycles. The standard InChI is InChI=1S/C12H20F3N3S/c1-5-16-8(2)11-9(3)17-18(10(11)4)6-7-19-12(13,14)15/h8,16H,5-7H2,1-4H3. The summed E-state index contributed by atoms with van der Waals surface area (Å²) in [5.74, 6) is -0.0134. The summed E-state index contributed by atoms with van der Waals surface area (Å²) in [6.07, 6.45) is 0. The lowest BCUT2D eigenvalue weighted by atomic mass is 10.1. The number of alkyl halides is 3. The first-order valence-electron chi connectivity index (χ1n) is 6.24. The van der Waals surface area contributed by atoms with Crippen molar-refractivity contribution in [2.45, 2.75) is 45.8 Å². The van der Waals surface area contributed by atoms with Crippen LogP contribution in [0.3, 0.4) is 0 Å². The van der Waals surface area contributed by atoms with E-state index in [1.54, 1.807) is 4.68 Å². The summed E-state index contributed by atoms with van der Waals surface area (Å²) < 4.78 is 37.9. The number of hydrogen-bond donors (Lipinski definition) is 1. The van der Waals surface area contributed by atoms with Gasteiger partial charge in [0.15, 0.2) is 0 Å². The van der Waals surface area contributed by atoms with Gasteiger partial charge in [0.2, 0.25) is 0 Å². The Balaban J connectivity index is 2.73. The van der Waals surface area contributed by atoms with Crippen molar-refractivity contribution in [2.24, 2.45) is 0 Å². The van der Waals surface area contributed by atoms with Gasteiger partial charge in [-0.1, -0.05) is 6.92 Å². The summed E-state index contributed by atoms with van der Waals surface area (Å²) in [6, 6.07) is 0.161. The topological polar surface area (TPSA) is 29.9 Å². The van der Waals surface area contributed by atoms with Crippen LogP contribution in [0.1, 0.15) is 36.8 Å². The molecule has 1 aromatic rings. The van der Waals surface area contributed by atoms with Crippen LogP contribution < -0.4 is 5.32 Å². The quantitative estimate of drug-likeness (QED) is 0.872. The van der Waals surface area contributed by atoms with Gasteiger partial charge in [-0.05, 0) is 39.1 Å². The Morgan fingerprint density at radius 2 is 2.00 bits per heavy atom. The number of halogens is 3. The Bertz CT molecular complexity index is 415. The SMILES string of the molecule is CCNC(C)c1c(C)nn(CCSC(F)(F)F)c1C. The third-order valence-electron chi connectivity index (χ3n) is 2.95. The predicted molar refractivity (Wildman–Crippen MR) is 72.3 cm³/mol. The molecule has 0 amide bonds. The first-order valence-corrected chi connectivity index (χ1v) is 7.22. The Hall–Kier alpha value is -0.690. The van der Waals surface area contributed by atoms with Gasteiger partial charge >= 0.3 is 5.51 Å². The summed E-state index contributed by atoms with van der Waals surface area (Å²) in [5.41, 5.74) is -1.27. The van der Waals surface area contributed by atoms with Crippen molar-refractivity contribution < 1.29 is 13.2 Å². The van der Waals surface area contributed by atoms with Crippen molar-refractivity contribution in [1.82, 2.24) is 15.1 Å². The molecule has 1 rings (SSSR count). The third-order valence-corrected chi connectivity index (χ3v) is 3.66. The van der Waals surface area contributed by atoms with Crippen LogP contribution in [-0.4, -0.2) is 27.6 Å². The maximum atomic E-state index is 12.1. The molecule has 1 aromatic heterocycles.